The second kappa shape index (κ2) is 10.7. The monoisotopic (exact) mass is 473 g/mol. The number of thiazole rings is 1. The van der Waals surface area contributed by atoms with Crippen LogP contribution in [-0.4, -0.2) is 83.9 Å². The zero-order valence-corrected chi connectivity index (χ0v) is 20.1. The minimum Gasteiger partial charge on any atom is -0.341 e. The lowest BCUT2D eigenvalue weighted by Gasteiger charge is -2.38. The Bertz CT molecular complexity index is 948. The average Bonchev–Trinajstić information content (AvgIpc) is 3.23. The van der Waals surface area contributed by atoms with E-state index in [1.807, 2.05) is 10.3 Å². The van der Waals surface area contributed by atoms with E-state index in [1.165, 1.54) is 29.9 Å². The predicted molar refractivity (Wildman–Crippen MR) is 129 cm³/mol. The Kier molecular flexibility index (Phi) is 7.72. The Balaban J connectivity index is 1.20. The van der Waals surface area contributed by atoms with Crippen LogP contribution >= 0.6 is 11.3 Å². The molecule has 4 rings (SSSR count). The summed E-state index contributed by atoms with van der Waals surface area (Å²) in [7, 11) is 0. The number of halogens is 1. The molecule has 2 unspecified atom stereocenters. The lowest BCUT2D eigenvalue weighted by Crippen LogP contribution is -2.52. The van der Waals surface area contributed by atoms with Crippen molar-refractivity contribution in [1.29, 1.82) is 0 Å². The Morgan fingerprint density at radius 3 is 2.27 bits per heavy atom. The largest absolute Gasteiger partial charge is 0.341 e. The highest BCUT2D eigenvalue weighted by Crippen LogP contribution is 2.25. The standard InChI is InChI=1S/C24H32FN5O2S/c1-17-11-18(2)13-30(12-17)23(32)15-29-9-7-28(8-10-29)14-22(31)27-24-26-21(16-33-24)19-3-5-20(25)6-4-19/h3-6,16-18H,7-15H2,1-2H3,(H,26,27,31). The molecule has 1 aromatic heterocycles. The van der Waals surface area contributed by atoms with Gasteiger partial charge in [-0.05, 0) is 42.5 Å². The van der Waals surface area contributed by atoms with Gasteiger partial charge >= 0.3 is 0 Å². The molecule has 2 aliphatic heterocycles. The highest BCUT2D eigenvalue weighted by molar-refractivity contribution is 7.14. The molecule has 178 valence electrons. The fourth-order valence-electron chi connectivity index (χ4n) is 4.71. The third-order valence-corrected chi connectivity index (χ3v) is 7.06. The van der Waals surface area contributed by atoms with Gasteiger partial charge in [0.05, 0.1) is 18.8 Å². The second-order valence-electron chi connectivity index (χ2n) is 9.39. The molecule has 2 aromatic rings. The number of amides is 2. The maximum Gasteiger partial charge on any atom is 0.240 e. The van der Waals surface area contributed by atoms with Gasteiger partial charge < -0.3 is 10.2 Å². The van der Waals surface area contributed by atoms with Crippen molar-refractivity contribution in [2.24, 2.45) is 11.8 Å². The number of piperidine rings is 1. The summed E-state index contributed by atoms with van der Waals surface area (Å²) >= 11 is 1.35. The van der Waals surface area contributed by atoms with Crippen LogP contribution in [0.3, 0.4) is 0 Å². The third-order valence-electron chi connectivity index (χ3n) is 6.30. The van der Waals surface area contributed by atoms with E-state index in [2.05, 4.69) is 33.9 Å². The molecule has 1 N–H and O–H groups in total. The SMILES string of the molecule is CC1CC(C)CN(C(=O)CN2CCN(CC(=O)Nc3nc(-c4ccc(F)cc4)cs3)CC2)C1. The summed E-state index contributed by atoms with van der Waals surface area (Å²) in [6.45, 7) is 10.0. The van der Waals surface area contributed by atoms with Gasteiger partial charge in [-0.1, -0.05) is 13.8 Å². The van der Waals surface area contributed by atoms with Crippen molar-refractivity contribution in [3.8, 4) is 11.3 Å². The second-order valence-corrected chi connectivity index (χ2v) is 10.2. The number of nitrogens with zero attached hydrogens (tertiary/aromatic N) is 4. The summed E-state index contributed by atoms with van der Waals surface area (Å²) in [6, 6.07) is 6.14. The third kappa shape index (κ3) is 6.59. The van der Waals surface area contributed by atoms with Crippen molar-refractivity contribution in [2.45, 2.75) is 20.3 Å². The molecular weight excluding hydrogens is 441 g/mol. The van der Waals surface area contributed by atoms with E-state index in [0.717, 1.165) is 44.8 Å². The molecule has 0 spiro atoms. The van der Waals surface area contributed by atoms with Crippen molar-refractivity contribution in [2.75, 3.05) is 57.7 Å². The highest BCUT2D eigenvalue weighted by Gasteiger charge is 2.27. The molecule has 0 saturated carbocycles. The first-order chi connectivity index (χ1) is 15.9. The minimum atomic E-state index is -0.289. The zero-order chi connectivity index (χ0) is 23.4. The number of rotatable bonds is 6. The summed E-state index contributed by atoms with van der Waals surface area (Å²) in [4.78, 5) is 36.0. The van der Waals surface area contributed by atoms with Crippen LogP contribution in [0.4, 0.5) is 9.52 Å². The molecule has 2 fully saturated rings. The molecule has 7 nitrogen and oxygen atoms in total. The van der Waals surface area contributed by atoms with Gasteiger partial charge in [0.25, 0.3) is 0 Å². The van der Waals surface area contributed by atoms with Crippen LogP contribution in [0.25, 0.3) is 11.3 Å². The summed E-state index contributed by atoms with van der Waals surface area (Å²) in [6.07, 6.45) is 1.19. The number of likely N-dealkylation sites (tertiary alicyclic amines) is 1. The summed E-state index contributed by atoms with van der Waals surface area (Å²) in [5.74, 6) is 0.967. The van der Waals surface area contributed by atoms with E-state index >= 15 is 0 Å². The molecule has 0 bridgehead atoms. The average molecular weight is 474 g/mol. The Morgan fingerprint density at radius 1 is 1.03 bits per heavy atom. The molecule has 2 saturated heterocycles. The summed E-state index contributed by atoms with van der Waals surface area (Å²) in [5, 5.41) is 5.25. The van der Waals surface area contributed by atoms with Gasteiger partial charge in [-0.2, -0.15) is 0 Å². The fraction of sp³-hybridized carbons (Fsp3) is 0.542. The van der Waals surface area contributed by atoms with Gasteiger partial charge in [-0.3, -0.25) is 19.4 Å². The number of carbonyl (C=O) groups excluding carboxylic acids is 2. The maximum absolute atomic E-state index is 13.1. The van der Waals surface area contributed by atoms with Crippen LogP contribution in [0, 0.1) is 17.7 Å². The van der Waals surface area contributed by atoms with E-state index < -0.39 is 0 Å². The number of aromatic nitrogens is 1. The Morgan fingerprint density at radius 2 is 1.64 bits per heavy atom. The minimum absolute atomic E-state index is 0.101. The molecule has 9 heteroatoms. The first-order valence-corrected chi connectivity index (χ1v) is 12.5. The molecule has 2 amide bonds. The van der Waals surface area contributed by atoms with Gasteiger partial charge in [0.2, 0.25) is 11.8 Å². The van der Waals surface area contributed by atoms with Crippen LogP contribution < -0.4 is 5.32 Å². The normalized spacial score (nSPS) is 22.3. The molecule has 33 heavy (non-hydrogen) atoms. The van der Waals surface area contributed by atoms with E-state index in [1.54, 1.807) is 12.1 Å². The van der Waals surface area contributed by atoms with E-state index in [4.69, 9.17) is 0 Å². The highest BCUT2D eigenvalue weighted by atomic mass is 32.1. The van der Waals surface area contributed by atoms with Gasteiger partial charge in [0.1, 0.15) is 5.82 Å². The van der Waals surface area contributed by atoms with Crippen LogP contribution in [0.5, 0.6) is 0 Å². The zero-order valence-electron chi connectivity index (χ0n) is 19.3. The van der Waals surface area contributed by atoms with Crippen LogP contribution in [0.2, 0.25) is 0 Å². The molecular formula is C24H32FN5O2S. The van der Waals surface area contributed by atoms with E-state index in [9.17, 15) is 14.0 Å². The van der Waals surface area contributed by atoms with Crippen molar-refractivity contribution < 1.29 is 14.0 Å². The summed E-state index contributed by atoms with van der Waals surface area (Å²) in [5.41, 5.74) is 1.53. The molecule has 2 aliphatic rings. The van der Waals surface area contributed by atoms with Gasteiger partial charge in [0.15, 0.2) is 5.13 Å². The van der Waals surface area contributed by atoms with Crippen molar-refractivity contribution in [3.05, 3.63) is 35.5 Å². The van der Waals surface area contributed by atoms with Crippen molar-refractivity contribution in [3.63, 3.8) is 0 Å². The van der Waals surface area contributed by atoms with Crippen molar-refractivity contribution in [1.82, 2.24) is 19.7 Å². The molecule has 0 aliphatic carbocycles. The topological polar surface area (TPSA) is 68.8 Å². The van der Waals surface area contributed by atoms with Gasteiger partial charge in [-0.15, -0.1) is 11.3 Å². The van der Waals surface area contributed by atoms with Crippen LogP contribution in [0.15, 0.2) is 29.6 Å². The molecule has 3 heterocycles. The number of benzene rings is 1. The number of hydrogen-bond donors (Lipinski definition) is 1. The number of carbonyl (C=O) groups is 2. The van der Waals surface area contributed by atoms with Gasteiger partial charge in [0, 0.05) is 50.2 Å². The van der Waals surface area contributed by atoms with E-state index in [0.29, 0.717) is 35.8 Å². The maximum atomic E-state index is 13.1. The quantitative estimate of drug-likeness (QED) is 0.699. The predicted octanol–water partition coefficient (Wildman–Crippen LogP) is 3.01. The van der Waals surface area contributed by atoms with E-state index in [-0.39, 0.29) is 17.6 Å². The Hall–Kier alpha value is -2.36. The molecule has 0 radical (unpaired) electrons. The Labute approximate surface area is 198 Å². The van der Waals surface area contributed by atoms with Crippen LogP contribution in [-0.2, 0) is 9.59 Å². The lowest BCUT2D eigenvalue weighted by atomic mass is 9.92. The van der Waals surface area contributed by atoms with Crippen molar-refractivity contribution >= 4 is 28.3 Å². The number of nitrogens with one attached hydrogen (secondary N) is 1. The molecule has 1 aromatic carbocycles. The smallest absolute Gasteiger partial charge is 0.240 e. The first kappa shape index (κ1) is 23.8. The fourth-order valence-corrected chi connectivity index (χ4v) is 5.45. The van der Waals surface area contributed by atoms with Crippen LogP contribution in [0.1, 0.15) is 20.3 Å². The lowest BCUT2D eigenvalue weighted by molar-refractivity contribution is -0.135. The number of piperazine rings is 1. The number of hydrogen-bond acceptors (Lipinski definition) is 6. The van der Waals surface area contributed by atoms with Gasteiger partial charge in [-0.25, -0.2) is 9.37 Å². The molecule has 2 atom stereocenters. The summed E-state index contributed by atoms with van der Waals surface area (Å²) < 4.78 is 13.1. The number of anilines is 1. The first-order valence-electron chi connectivity index (χ1n) is 11.6.